The normalized spacial score (nSPS) is 19.1. The van der Waals surface area contributed by atoms with Crippen LogP contribution in [0.3, 0.4) is 0 Å². The van der Waals surface area contributed by atoms with Crippen molar-refractivity contribution < 1.29 is 4.79 Å². The lowest BCUT2D eigenvalue weighted by Gasteiger charge is -2.21. The van der Waals surface area contributed by atoms with Crippen LogP contribution in [0.5, 0.6) is 0 Å². The minimum atomic E-state index is -0.564. The van der Waals surface area contributed by atoms with Gasteiger partial charge in [-0.15, -0.1) is 0 Å². The van der Waals surface area contributed by atoms with Gasteiger partial charge in [-0.2, -0.15) is 0 Å². The first-order valence-electron chi connectivity index (χ1n) is 5.40. The zero-order valence-corrected chi connectivity index (χ0v) is 11.1. The monoisotopic (exact) mass is 330 g/mol. The molecule has 1 fully saturated rings. The van der Waals surface area contributed by atoms with Crippen LogP contribution >= 0.6 is 22.6 Å². The summed E-state index contributed by atoms with van der Waals surface area (Å²) in [5.74, 6) is 0.212. The summed E-state index contributed by atoms with van der Waals surface area (Å²) < 4.78 is 1.16. The Labute approximate surface area is 109 Å². The van der Waals surface area contributed by atoms with Gasteiger partial charge in [-0.25, -0.2) is 0 Å². The molecule has 0 radical (unpaired) electrons. The molecule has 1 aromatic carbocycles. The van der Waals surface area contributed by atoms with Gasteiger partial charge in [0.25, 0.3) is 0 Å². The van der Waals surface area contributed by atoms with E-state index in [1.807, 2.05) is 18.2 Å². The van der Waals surface area contributed by atoms with Gasteiger partial charge < -0.3 is 11.5 Å². The molecule has 1 aliphatic carbocycles. The minimum Gasteiger partial charge on any atom is -0.368 e. The van der Waals surface area contributed by atoms with Gasteiger partial charge in [0.05, 0.1) is 6.04 Å². The number of hydrogen-bond donors (Lipinski definition) is 2. The Bertz CT molecular complexity index is 404. The lowest BCUT2D eigenvalue weighted by molar-refractivity contribution is -0.119. The second-order valence-corrected chi connectivity index (χ2v) is 5.59. The lowest BCUT2D eigenvalue weighted by atomic mass is 9.87. The molecule has 16 heavy (non-hydrogen) atoms. The standard InChI is InChI=1S/C12H15IN2O/c13-9-3-1-2-8(6-9)10(7-4-5-7)11(14)12(15)16/h1-3,6-7,10-11H,4-5,14H2,(H2,15,16). The summed E-state index contributed by atoms with van der Waals surface area (Å²) in [7, 11) is 0. The van der Waals surface area contributed by atoms with Crippen LogP contribution in [-0.4, -0.2) is 11.9 Å². The van der Waals surface area contributed by atoms with Crippen LogP contribution in [0.4, 0.5) is 0 Å². The summed E-state index contributed by atoms with van der Waals surface area (Å²) in [6.45, 7) is 0. The zero-order valence-electron chi connectivity index (χ0n) is 8.90. The first kappa shape index (κ1) is 11.9. The second-order valence-electron chi connectivity index (χ2n) is 4.35. The maximum absolute atomic E-state index is 11.2. The van der Waals surface area contributed by atoms with Crippen molar-refractivity contribution in [2.45, 2.75) is 24.8 Å². The first-order valence-corrected chi connectivity index (χ1v) is 6.48. The van der Waals surface area contributed by atoms with Gasteiger partial charge in [-0.05, 0) is 59.0 Å². The van der Waals surface area contributed by atoms with Crippen LogP contribution < -0.4 is 11.5 Å². The molecule has 4 N–H and O–H groups in total. The number of benzene rings is 1. The highest BCUT2D eigenvalue weighted by Crippen LogP contribution is 2.44. The van der Waals surface area contributed by atoms with Crippen molar-refractivity contribution in [3.63, 3.8) is 0 Å². The van der Waals surface area contributed by atoms with E-state index in [0.29, 0.717) is 5.92 Å². The number of primary amides is 1. The van der Waals surface area contributed by atoms with Gasteiger partial charge in [-0.3, -0.25) is 4.79 Å². The van der Waals surface area contributed by atoms with E-state index in [1.54, 1.807) is 0 Å². The summed E-state index contributed by atoms with van der Waals surface area (Å²) in [6.07, 6.45) is 2.30. The number of nitrogens with two attached hydrogens (primary N) is 2. The average Bonchev–Trinajstić information content (AvgIpc) is 3.02. The number of rotatable bonds is 4. The lowest BCUT2D eigenvalue weighted by Crippen LogP contribution is -2.42. The fourth-order valence-electron chi connectivity index (χ4n) is 2.12. The Morgan fingerprint density at radius 3 is 2.62 bits per heavy atom. The maximum atomic E-state index is 11.2. The number of hydrogen-bond acceptors (Lipinski definition) is 2. The van der Waals surface area contributed by atoms with Gasteiger partial charge in [0.1, 0.15) is 0 Å². The summed E-state index contributed by atoms with van der Waals surface area (Å²) >= 11 is 2.27. The first-order chi connectivity index (χ1) is 7.59. The second kappa shape index (κ2) is 4.71. The van der Waals surface area contributed by atoms with E-state index < -0.39 is 11.9 Å². The SMILES string of the molecule is NC(=O)C(N)C(c1cccc(I)c1)C1CC1. The van der Waals surface area contributed by atoms with Crippen molar-refractivity contribution in [2.24, 2.45) is 17.4 Å². The Kier molecular flexibility index (Phi) is 3.49. The predicted octanol–water partition coefficient (Wildman–Crippen LogP) is 1.60. The molecule has 1 amide bonds. The molecule has 1 aliphatic rings. The Morgan fingerprint density at radius 1 is 1.44 bits per heavy atom. The third-order valence-electron chi connectivity index (χ3n) is 3.08. The van der Waals surface area contributed by atoms with Crippen LogP contribution in [0, 0.1) is 9.49 Å². The fraction of sp³-hybridized carbons (Fsp3) is 0.417. The van der Waals surface area contributed by atoms with E-state index in [1.165, 1.54) is 0 Å². The molecule has 1 saturated carbocycles. The highest BCUT2D eigenvalue weighted by Gasteiger charge is 2.38. The zero-order chi connectivity index (χ0) is 11.7. The van der Waals surface area contributed by atoms with E-state index in [2.05, 4.69) is 28.7 Å². The van der Waals surface area contributed by atoms with Gasteiger partial charge in [0.2, 0.25) is 5.91 Å². The van der Waals surface area contributed by atoms with Crippen molar-refractivity contribution in [3.8, 4) is 0 Å². The molecule has 1 aromatic rings. The smallest absolute Gasteiger partial charge is 0.234 e. The van der Waals surface area contributed by atoms with Crippen molar-refractivity contribution >= 4 is 28.5 Å². The maximum Gasteiger partial charge on any atom is 0.234 e. The molecule has 86 valence electrons. The number of amides is 1. The van der Waals surface area contributed by atoms with Gasteiger partial charge in [0.15, 0.2) is 0 Å². The third-order valence-corrected chi connectivity index (χ3v) is 3.75. The van der Waals surface area contributed by atoms with E-state index in [0.717, 1.165) is 22.0 Å². The highest BCUT2D eigenvalue weighted by atomic mass is 127. The summed E-state index contributed by atoms with van der Waals surface area (Å²) in [5, 5.41) is 0. The molecular weight excluding hydrogens is 315 g/mol. The minimum absolute atomic E-state index is 0.0900. The van der Waals surface area contributed by atoms with Gasteiger partial charge in [-0.1, -0.05) is 12.1 Å². The van der Waals surface area contributed by atoms with Crippen molar-refractivity contribution in [1.82, 2.24) is 0 Å². The molecule has 0 aromatic heterocycles. The summed E-state index contributed by atoms with van der Waals surface area (Å²) in [4.78, 5) is 11.2. The molecular formula is C12H15IN2O. The highest BCUT2D eigenvalue weighted by molar-refractivity contribution is 14.1. The predicted molar refractivity (Wildman–Crippen MR) is 71.8 cm³/mol. The Hall–Kier alpha value is -0.620. The largest absolute Gasteiger partial charge is 0.368 e. The summed E-state index contributed by atoms with van der Waals surface area (Å²) in [6, 6.07) is 7.59. The van der Waals surface area contributed by atoms with Gasteiger partial charge >= 0.3 is 0 Å². The fourth-order valence-corrected chi connectivity index (χ4v) is 2.69. The van der Waals surface area contributed by atoms with Crippen LogP contribution in [0.15, 0.2) is 24.3 Å². The quantitative estimate of drug-likeness (QED) is 0.824. The molecule has 4 heteroatoms. The summed E-state index contributed by atoms with van der Waals surface area (Å²) in [5.41, 5.74) is 12.4. The number of halogens is 1. The van der Waals surface area contributed by atoms with E-state index >= 15 is 0 Å². The van der Waals surface area contributed by atoms with Crippen LogP contribution in [0.25, 0.3) is 0 Å². The molecule has 2 unspecified atom stereocenters. The topological polar surface area (TPSA) is 69.1 Å². The Balaban J connectivity index is 2.28. The number of carbonyl (C=O) groups excluding carboxylic acids is 1. The van der Waals surface area contributed by atoms with Crippen LogP contribution in [0.1, 0.15) is 24.3 Å². The van der Waals surface area contributed by atoms with Crippen molar-refractivity contribution in [2.75, 3.05) is 0 Å². The van der Waals surface area contributed by atoms with Crippen molar-refractivity contribution in [1.29, 1.82) is 0 Å². The average molecular weight is 330 g/mol. The molecule has 2 rings (SSSR count). The number of carbonyl (C=O) groups is 1. The van der Waals surface area contributed by atoms with Crippen LogP contribution in [0.2, 0.25) is 0 Å². The molecule has 0 bridgehead atoms. The van der Waals surface area contributed by atoms with E-state index in [4.69, 9.17) is 11.5 Å². The Morgan fingerprint density at radius 2 is 2.12 bits per heavy atom. The molecule has 3 nitrogen and oxygen atoms in total. The molecule has 2 atom stereocenters. The molecule has 0 heterocycles. The van der Waals surface area contributed by atoms with E-state index in [9.17, 15) is 4.79 Å². The molecule has 0 spiro atoms. The van der Waals surface area contributed by atoms with Crippen molar-refractivity contribution in [3.05, 3.63) is 33.4 Å². The van der Waals surface area contributed by atoms with Crippen LogP contribution in [-0.2, 0) is 4.79 Å². The molecule has 0 aliphatic heterocycles. The van der Waals surface area contributed by atoms with E-state index in [-0.39, 0.29) is 5.92 Å². The molecule has 0 saturated heterocycles. The van der Waals surface area contributed by atoms with Gasteiger partial charge in [0, 0.05) is 9.49 Å². The third kappa shape index (κ3) is 2.55.